The van der Waals surface area contributed by atoms with Crippen molar-refractivity contribution in [3.63, 3.8) is 0 Å². The lowest BCUT2D eigenvalue weighted by Gasteiger charge is -2.23. The van der Waals surface area contributed by atoms with Gasteiger partial charge in [-0.3, -0.25) is 4.72 Å². The van der Waals surface area contributed by atoms with Gasteiger partial charge >= 0.3 is 0 Å². The minimum Gasteiger partial charge on any atom is -0.256 e. The fourth-order valence-electron chi connectivity index (χ4n) is 1.43. The maximum absolute atomic E-state index is 3.56. The Morgan fingerprint density at radius 3 is 2.00 bits per heavy atom. The van der Waals surface area contributed by atoms with Gasteiger partial charge in [0.1, 0.15) is 0 Å². The summed E-state index contributed by atoms with van der Waals surface area (Å²) in [6.07, 6.45) is 1.12. The van der Waals surface area contributed by atoms with Crippen LogP contribution in [0.15, 0.2) is 24.3 Å². The molecular weight excluding hydrogens is 238 g/mol. The van der Waals surface area contributed by atoms with Crippen LogP contribution in [0.5, 0.6) is 0 Å². The van der Waals surface area contributed by atoms with Gasteiger partial charge in [-0.05, 0) is 39.7 Å². The lowest BCUT2D eigenvalue weighted by Crippen LogP contribution is -2.21. The van der Waals surface area contributed by atoms with Crippen molar-refractivity contribution in [2.45, 2.75) is 65.7 Å². The summed E-state index contributed by atoms with van der Waals surface area (Å²) in [6, 6.07) is 9.26. The molecule has 1 aromatic carbocycles. The molecule has 0 heterocycles. The minimum absolute atomic E-state index is 0.262. The molecule has 1 atom stereocenters. The van der Waals surface area contributed by atoms with Gasteiger partial charge in [0.15, 0.2) is 0 Å². The van der Waals surface area contributed by atoms with Crippen molar-refractivity contribution in [2.75, 3.05) is 0 Å². The predicted molar refractivity (Wildman–Crippen MR) is 86.0 cm³/mol. The van der Waals surface area contributed by atoms with Gasteiger partial charge in [-0.15, -0.1) is 0 Å². The first-order valence-electron chi connectivity index (χ1n) is 6.92. The molecule has 1 rings (SSSR count). The second-order valence-corrected chi connectivity index (χ2v) is 6.87. The van der Waals surface area contributed by atoms with Gasteiger partial charge in [0.05, 0.1) is 0 Å². The van der Waals surface area contributed by atoms with E-state index in [0.29, 0.717) is 6.04 Å². The van der Waals surface area contributed by atoms with Gasteiger partial charge in [-0.25, -0.2) is 0 Å². The number of nitrogens with one attached hydrogen (secondary N) is 1. The summed E-state index contributed by atoms with van der Waals surface area (Å²) < 4.78 is 3.82. The molecule has 1 unspecified atom stereocenters. The van der Waals surface area contributed by atoms with E-state index in [9.17, 15) is 0 Å². The van der Waals surface area contributed by atoms with E-state index in [-0.39, 0.29) is 4.75 Å². The molecule has 0 saturated carbocycles. The highest BCUT2D eigenvalue weighted by Gasteiger charge is 2.15. The van der Waals surface area contributed by atoms with Crippen molar-refractivity contribution < 1.29 is 0 Å². The molecule has 0 bridgehead atoms. The third-order valence-corrected chi connectivity index (χ3v) is 3.41. The van der Waals surface area contributed by atoms with Crippen LogP contribution in [0.2, 0.25) is 0 Å². The predicted octanol–water partition coefficient (Wildman–Crippen LogP) is 5.51. The Bertz CT molecular complexity index is 311. The van der Waals surface area contributed by atoms with Crippen molar-refractivity contribution in [2.24, 2.45) is 0 Å². The van der Waals surface area contributed by atoms with Gasteiger partial charge in [0.2, 0.25) is 0 Å². The SMILES string of the molecule is CC.CCC(NSC(C)(C)C)c1ccc(C)cc1. The summed E-state index contributed by atoms with van der Waals surface area (Å²) in [5.74, 6) is 0. The largest absolute Gasteiger partial charge is 0.256 e. The number of benzene rings is 1. The maximum atomic E-state index is 3.56. The summed E-state index contributed by atoms with van der Waals surface area (Å²) in [7, 11) is 0. The fraction of sp³-hybridized carbons (Fsp3) is 0.625. The number of rotatable bonds is 4. The van der Waals surface area contributed by atoms with E-state index in [1.54, 1.807) is 0 Å². The molecule has 0 aliphatic rings. The van der Waals surface area contributed by atoms with Gasteiger partial charge in [-0.2, -0.15) is 0 Å². The Morgan fingerprint density at radius 1 is 1.11 bits per heavy atom. The van der Waals surface area contributed by atoms with E-state index in [1.807, 2.05) is 25.8 Å². The highest BCUT2D eigenvalue weighted by atomic mass is 32.2. The average molecular weight is 267 g/mol. The number of aryl methyl sites for hydroxylation is 1. The average Bonchev–Trinajstić information content (AvgIpc) is 2.33. The number of hydrogen-bond acceptors (Lipinski definition) is 2. The van der Waals surface area contributed by atoms with Crippen LogP contribution in [-0.2, 0) is 0 Å². The Hall–Kier alpha value is -0.470. The molecule has 0 amide bonds. The van der Waals surface area contributed by atoms with Crippen molar-refractivity contribution in [1.82, 2.24) is 4.72 Å². The van der Waals surface area contributed by atoms with E-state index >= 15 is 0 Å². The van der Waals surface area contributed by atoms with Crippen molar-refractivity contribution in [3.05, 3.63) is 35.4 Å². The van der Waals surface area contributed by atoms with Crippen LogP contribution in [-0.4, -0.2) is 4.75 Å². The van der Waals surface area contributed by atoms with E-state index in [1.165, 1.54) is 11.1 Å². The summed E-state index contributed by atoms with van der Waals surface area (Å²) in [6.45, 7) is 15.0. The minimum atomic E-state index is 0.262. The molecule has 1 N–H and O–H groups in total. The lowest BCUT2D eigenvalue weighted by atomic mass is 10.0. The first-order chi connectivity index (χ1) is 8.42. The van der Waals surface area contributed by atoms with Gasteiger partial charge < -0.3 is 0 Å². The van der Waals surface area contributed by atoms with Crippen LogP contribution in [0.25, 0.3) is 0 Å². The quantitative estimate of drug-likeness (QED) is 0.722. The Labute approximate surface area is 118 Å². The molecule has 104 valence electrons. The molecule has 0 aliphatic carbocycles. The molecule has 0 aromatic heterocycles. The zero-order chi connectivity index (χ0) is 14.2. The summed E-state index contributed by atoms with van der Waals surface area (Å²) in [5.41, 5.74) is 2.70. The van der Waals surface area contributed by atoms with E-state index < -0.39 is 0 Å². The summed E-state index contributed by atoms with van der Waals surface area (Å²) in [5, 5.41) is 0. The standard InChI is InChI=1S/C14H23NS.C2H6/c1-6-13(15-16-14(3,4)5)12-9-7-11(2)8-10-12;1-2/h7-10,13,15H,6H2,1-5H3;1-2H3. The Morgan fingerprint density at radius 2 is 1.61 bits per heavy atom. The lowest BCUT2D eigenvalue weighted by molar-refractivity contribution is 0.642. The maximum Gasteiger partial charge on any atom is 0.0419 e. The Kier molecular flexibility index (Phi) is 8.38. The normalized spacial score (nSPS) is 12.6. The van der Waals surface area contributed by atoms with Crippen LogP contribution in [0, 0.1) is 6.92 Å². The zero-order valence-electron chi connectivity index (χ0n) is 13.0. The van der Waals surface area contributed by atoms with Gasteiger partial charge in [0, 0.05) is 10.8 Å². The van der Waals surface area contributed by atoms with Crippen LogP contribution in [0.1, 0.15) is 65.1 Å². The highest BCUT2D eigenvalue weighted by Crippen LogP contribution is 2.26. The van der Waals surface area contributed by atoms with Gasteiger partial charge in [0.25, 0.3) is 0 Å². The molecule has 1 nitrogen and oxygen atoms in total. The third kappa shape index (κ3) is 7.07. The van der Waals surface area contributed by atoms with Crippen LogP contribution in [0.4, 0.5) is 0 Å². The third-order valence-electron chi connectivity index (χ3n) is 2.40. The molecule has 1 aromatic rings. The smallest absolute Gasteiger partial charge is 0.0419 e. The second kappa shape index (κ2) is 8.60. The monoisotopic (exact) mass is 267 g/mol. The van der Waals surface area contributed by atoms with Crippen LogP contribution < -0.4 is 4.72 Å². The molecule has 0 radical (unpaired) electrons. The fourth-order valence-corrected chi connectivity index (χ4v) is 2.23. The molecule has 0 aliphatic heterocycles. The molecule has 0 spiro atoms. The second-order valence-electron chi connectivity index (χ2n) is 5.20. The van der Waals surface area contributed by atoms with Crippen molar-refractivity contribution in [3.8, 4) is 0 Å². The summed E-state index contributed by atoms with van der Waals surface area (Å²) in [4.78, 5) is 0. The summed E-state index contributed by atoms with van der Waals surface area (Å²) >= 11 is 1.82. The molecule has 0 saturated heterocycles. The highest BCUT2D eigenvalue weighted by molar-refractivity contribution is 7.98. The molecular formula is C16H29NS. The van der Waals surface area contributed by atoms with Crippen molar-refractivity contribution in [1.29, 1.82) is 0 Å². The number of hydrogen-bond donors (Lipinski definition) is 1. The van der Waals surface area contributed by atoms with Gasteiger partial charge in [-0.1, -0.05) is 62.5 Å². The van der Waals surface area contributed by atoms with E-state index in [4.69, 9.17) is 0 Å². The molecule has 18 heavy (non-hydrogen) atoms. The van der Waals surface area contributed by atoms with Crippen LogP contribution in [0.3, 0.4) is 0 Å². The molecule has 0 fully saturated rings. The van der Waals surface area contributed by atoms with E-state index in [2.05, 4.69) is 63.6 Å². The topological polar surface area (TPSA) is 12.0 Å². The first-order valence-corrected chi connectivity index (χ1v) is 7.74. The Balaban J connectivity index is 0.00000137. The molecule has 2 heteroatoms. The van der Waals surface area contributed by atoms with Crippen molar-refractivity contribution >= 4 is 11.9 Å². The van der Waals surface area contributed by atoms with E-state index in [0.717, 1.165) is 6.42 Å². The zero-order valence-corrected chi connectivity index (χ0v) is 13.8. The first kappa shape index (κ1) is 17.5. The van der Waals surface area contributed by atoms with Crippen LogP contribution >= 0.6 is 11.9 Å².